The standard InChI is InChI=1S/C19H30N4O2/c1-3-21-18(23-14-19(25)10-4-5-11-19)22-12-9-15-7-6-8-16(13-15)17(24)20-2/h6-8,13,25H,3-5,9-12,14H2,1-2H3,(H,20,24)(H2,21,22,23). The number of aliphatic hydroxyl groups is 1. The van der Waals surface area contributed by atoms with Crippen molar-refractivity contribution in [1.29, 1.82) is 0 Å². The molecule has 2 rings (SSSR count). The molecule has 1 saturated carbocycles. The largest absolute Gasteiger partial charge is 0.388 e. The summed E-state index contributed by atoms with van der Waals surface area (Å²) in [6, 6.07) is 7.63. The van der Waals surface area contributed by atoms with Crippen molar-refractivity contribution in [2.24, 2.45) is 4.99 Å². The Balaban J connectivity index is 1.87. The quantitative estimate of drug-likeness (QED) is 0.445. The molecular formula is C19H30N4O2. The van der Waals surface area contributed by atoms with Crippen molar-refractivity contribution >= 4 is 11.9 Å². The Bertz CT molecular complexity index is 595. The maximum Gasteiger partial charge on any atom is 0.251 e. The van der Waals surface area contributed by atoms with Gasteiger partial charge in [0.25, 0.3) is 5.91 Å². The Hall–Kier alpha value is -2.08. The molecule has 1 aromatic carbocycles. The van der Waals surface area contributed by atoms with E-state index in [4.69, 9.17) is 0 Å². The lowest BCUT2D eigenvalue weighted by molar-refractivity contribution is 0.0574. The van der Waals surface area contributed by atoms with Gasteiger partial charge in [-0.05, 0) is 43.9 Å². The van der Waals surface area contributed by atoms with Gasteiger partial charge in [0.15, 0.2) is 5.96 Å². The van der Waals surface area contributed by atoms with E-state index in [0.29, 0.717) is 18.7 Å². The molecule has 0 heterocycles. The SMILES string of the molecule is CCNC(=NCC1(O)CCCC1)NCCc1cccc(C(=O)NC)c1. The zero-order chi connectivity index (χ0) is 18.1. The predicted molar refractivity (Wildman–Crippen MR) is 101 cm³/mol. The molecule has 138 valence electrons. The number of nitrogens with one attached hydrogen (secondary N) is 3. The fraction of sp³-hybridized carbons (Fsp3) is 0.579. The monoisotopic (exact) mass is 346 g/mol. The van der Waals surface area contributed by atoms with Gasteiger partial charge in [0.1, 0.15) is 0 Å². The highest BCUT2D eigenvalue weighted by Gasteiger charge is 2.30. The summed E-state index contributed by atoms with van der Waals surface area (Å²) < 4.78 is 0. The first-order chi connectivity index (χ1) is 12.1. The van der Waals surface area contributed by atoms with Gasteiger partial charge in [-0.2, -0.15) is 0 Å². The lowest BCUT2D eigenvalue weighted by Crippen LogP contribution is -2.40. The molecular weight excluding hydrogens is 316 g/mol. The summed E-state index contributed by atoms with van der Waals surface area (Å²) in [5, 5.41) is 19.6. The van der Waals surface area contributed by atoms with Gasteiger partial charge < -0.3 is 21.1 Å². The van der Waals surface area contributed by atoms with E-state index in [0.717, 1.165) is 50.2 Å². The van der Waals surface area contributed by atoms with Gasteiger partial charge in [-0.1, -0.05) is 25.0 Å². The van der Waals surface area contributed by atoms with Gasteiger partial charge in [-0.3, -0.25) is 9.79 Å². The van der Waals surface area contributed by atoms with E-state index >= 15 is 0 Å². The summed E-state index contributed by atoms with van der Waals surface area (Å²) >= 11 is 0. The average molecular weight is 346 g/mol. The smallest absolute Gasteiger partial charge is 0.251 e. The third-order valence-electron chi connectivity index (χ3n) is 4.53. The number of guanidine groups is 1. The van der Waals surface area contributed by atoms with Crippen LogP contribution in [0.5, 0.6) is 0 Å². The van der Waals surface area contributed by atoms with Crippen molar-refractivity contribution in [3.63, 3.8) is 0 Å². The fourth-order valence-corrected chi connectivity index (χ4v) is 3.10. The summed E-state index contributed by atoms with van der Waals surface area (Å²) in [4.78, 5) is 16.2. The van der Waals surface area contributed by atoms with Crippen LogP contribution in [0.1, 0.15) is 48.5 Å². The molecule has 0 saturated heterocycles. The van der Waals surface area contributed by atoms with Crippen LogP contribution in [0, 0.1) is 0 Å². The zero-order valence-corrected chi connectivity index (χ0v) is 15.3. The van der Waals surface area contributed by atoms with Gasteiger partial charge in [-0.25, -0.2) is 0 Å². The third kappa shape index (κ3) is 6.05. The normalized spacial score (nSPS) is 16.5. The molecule has 6 heteroatoms. The first kappa shape index (κ1) is 19.2. The average Bonchev–Trinajstić information content (AvgIpc) is 3.06. The van der Waals surface area contributed by atoms with Crippen molar-refractivity contribution in [2.45, 2.75) is 44.6 Å². The zero-order valence-electron chi connectivity index (χ0n) is 15.3. The molecule has 0 radical (unpaired) electrons. The number of hydrogen-bond donors (Lipinski definition) is 4. The van der Waals surface area contributed by atoms with Crippen LogP contribution >= 0.6 is 0 Å². The Morgan fingerprint density at radius 2 is 2.04 bits per heavy atom. The van der Waals surface area contributed by atoms with E-state index in [1.165, 1.54) is 0 Å². The number of carbonyl (C=O) groups is 1. The van der Waals surface area contributed by atoms with Crippen LogP contribution in [0.3, 0.4) is 0 Å². The molecule has 0 aliphatic heterocycles. The highest BCUT2D eigenvalue weighted by atomic mass is 16.3. The number of carbonyl (C=O) groups excluding carboxylic acids is 1. The van der Waals surface area contributed by atoms with Gasteiger partial charge >= 0.3 is 0 Å². The van der Waals surface area contributed by atoms with E-state index in [9.17, 15) is 9.90 Å². The summed E-state index contributed by atoms with van der Waals surface area (Å²) in [5.41, 5.74) is 1.13. The molecule has 6 nitrogen and oxygen atoms in total. The number of amides is 1. The number of nitrogens with zero attached hydrogens (tertiary/aromatic N) is 1. The van der Waals surface area contributed by atoms with Crippen molar-refractivity contribution < 1.29 is 9.90 Å². The molecule has 1 aliphatic carbocycles. The van der Waals surface area contributed by atoms with Crippen LogP contribution in [-0.4, -0.2) is 49.3 Å². The Morgan fingerprint density at radius 3 is 2.72 bits per heavy atom. The van der Waals surface area contributed by atoms with Gasteiger partial charge in [-0.15, -0.1) is 0 Å². The minimum absolute atomic E-state index is 0.0745. The first-order valence-electron chi connectivity index (χ1n) is 9.12. The number of aliphatic imine (C=N–C) groups is 1. The van der Waals surface area contributed by atoms with E-state index in [-0.39, 0.29) is 5.91 Å². The third-order valence-corrected chi connectivity index (χ3v) is 4.53. The molecule has 4 N–H and O–H groups in total. The molecule has 1 fully saturated rings. The molecule has 0 aromatic heterocycles. The predicted octanol–water partition coefficient (Wildman–Crippen LogP) is 1.45. The summed E-state index contributed by atoms with van der Waals surface area (Å²) in [5.74, 6) is 0.653. The van der Waals surface area contributed by atoms with Gasteiger partial charge in [0.05, 0.1) is 12.1 Å². The van der Waals surface area contributed by atoms with E-state index < -0.39 is 5.60 Å². The fourth-order valence-electron chi connectivity index (χ4n) is 3.10. The second-order valence-electron chi connectivity index (χ2n) is 6.58. The molecule has 0 bridgehead atoms. The summed E-state index contributed by atoms with van der Waals surface area (Å²) in [7, 11) is 1.63. The van der Waals surface area contributed by atoms with Gasteiger partial charge in [0.2, 0.25) is 0 Å². The Kier molecular flexibility index (Phi) is 7.25. The van der Waals surface area contributed by atoms with Gasteiger partial charge in [0, 0.05) is 25.7 Å². The van der Waals surface area contributed by atoms with E-state index in [1.807, 2.05) is 31.2 Å². The molecule has 0 spiro atoms. The van der Waals surface area contributed by atoms with Crippen molar-refractivity contribution in [3.05, 3.63) is 35.4 Å². The number of rotatable bonds is 7. The van der Waals surface area contributed by atoms with Crippen LogP contribution in [-0.2, 0) is 6.42 Å². The summed E-state index contributed by atoms with van der Waals surface area (Å²) in [6.07, 6.45) is 4.62. The maximum atomic E-state index is 11.7. The summed E-state index contributed by atoms with van der Waals surface area (Å²) in [6.45, 7) is 3.95. The first-order valence-corrected chi connectivity index (χ1v) is 9.12. The van der Waals surface area contributed by atoms with E-state index in [1.54, 1.807) is 7.05 Å². The second kappa shape index (κ2) is 9.42. The molecule has 0 atom stereocenters. The van der Waals surface area contributed by atoms with Crippen LogP contribution in [0.2, 0.25) is 0 Å². The topological polar surface area (TPSA) is 85.8 Å². The molecule has 25 heavy (non-hydrogen) atoms. The van der Waals surface area contributed by atoms with Crippen LogP contribution in [0.25, 0.3) is 0 Å². The number of benzene rings is 1. The molecule has 1 amide bonds. The van der Waals surface area contributed by atoms with Crippen LogP contribution in [0.15, 0.2) is 29.3 Å². The Labute approximate surface area is 150 Å². The molecule has 0 unspecified atom stereocenters. The minimum Gasteiger partial charge on any atom is -0.388 e. The second-order valence-corrected chi connectivity index (χ2v) is 6.58. The Morgan fingerprint density at radius 1 is 1.28 bits per heavy atom. The van der Waals surface area contributed by atoms with Crippen molar-refractivity contribution in [3.8, 4) is 0 Å². The lowest BCUT2D eigenvalue weighted by atomic mass is 10.0. The van der Waals surface area contributed by atoms with Crippen LogP contribution < -0.4 is 16.0 Å². The van der Waals surface area contributed by atoms with Crippen LogP contribution in [0.4, 0.5) is 0 Å². The highest BCUT2D eigenvalue weighted by Crippen LogP contribution is 2.29. The molecule has 1 aromatic rings. The highest BCUT2D eigenvalue weighted by molar-refractivity contribution is 5.94. The lowest BCUT2D eigenvalue weighted by Gasteiger charge is -2.20. The van der Waals surface area contributed by atoms with Crippen molar-refractivity contribution in [2.75, 3.05) is 26.7 Å². The van der Waals surface area contributed by atoms with E-state index in [2.05, 4.69) is 20.9 Å². The minimum atomic E-state index is -0.635. The molecule has 1 aliphatic rings. The maximum absolute atomic E-state index is 11.7. The number of hydrogen-bond acceptors (Lipinski definition) is 3. The van der Waals surface area contributed by atoms with Crippen molar-refractivity contribution in [1.82, 2.24) is 16.0 Å².